The molecule has 0 fully saturated rings. The summed E-state index contributed by atoms with van der Waals surface area (Å²) in [7, 11) is 0. The number of pyridine rings is 1. The van der Waals surface area contributed by atoms with E-state index in [1.807, 2.05) is 36.4 Å². The largest absolute Gasteiger partial charge is 0.390 e. The number of hydrogen-bond acceptors (Lipinski definition) is 3. The van der Waals surface area contributed by atoms with Crippen LogP contribution < -0.4 is 5.32 Å². The molecular weight excluding hydrogens is 252 g/mol. The Balaban J connectivity index is 1.70. The summed E-state index contributed by atoms with van der Waals surface area (Å²) in [6.07, 6.45) is 3.68. The van der Waals surface area contributed by atoms with Crippen molar-refractivity contribution in [3.63, 3.8) is 0 Å². The Labute approximate surface area is 117 Å². The SMILES string of the molecule is O=C(Cc1ccncc1)N[C@@H]1c2ccccc2C[C@@H]1O. The highest BCUT2D eigenvalue weighted by Gasteiger charge is 2.31. The van der Waals surface area contributed by atoms with Gasteiger partial charge in [-0.2, -0.15) is 0 Å². The first-order valence-electron chi connectivity index (χ1n) is 6.68. The number of nitrogens with zero attached hydrogens (tertiary/aromatic N) is 1. The van der Waals surface area contributed by atoms with Gasteiger partial charge < -0.3 is 10.4 Å². The van der Waals surface area contributed by atoms with Gasteiger partial charge >= 0.3 is 0 Å². The van der Waals surface area contributed by atoms with Gasteiger partial charge in [0, 0.05) is 18.8 Å². The molecule has 0 saturated heterocycles. The molecule has 102 valence electrons. The van der Waals surface area contributed by atoms with Crippen molar-refractivity contribution < 1.29 is 9.90 Å². The Morgan fingerprint density at radius 1 is 1.25 bits per heavy atom. The molecule has 1 aliphatic carbocycles. The van der Waals surface area contributed by atoms with E-state index in [0.29, 0.717) is 12.8 Å². The van der Waals surface area contributed by atoms with Crippen LogP contribution in [0.15, 0.2) is 48.8 Å². The molecular formula is C16H16N2O2. The van der Waals surface area contributed by atoms with Crippen LogP contribution in [0.1, 0.15) is 22.7 Å². The minimum Gasteiger partial charge on any atom is -0.390 e. The third-order valence-electron chi connectivity index (χ3n) is 3.63. The van der Waals surface area contributed by atoms with Crippen molar-refractivity contribution in [1.82, 2.24) is 10.3 Å². The van der Waals surface area contributed by atoms with Gasteiger partial charge in [0.25, 0.3) is 0 Å². The number of carbonyl (C=O) groups is 1. The van der Waals surface area contributed by atoms with E-state index in [9.17, 15) is 9.90 Å². The molecule has 2 aromatic rings. The number of aliphatic hydroxyl groups excluding tert-OH is 1. The van der Waals surface area contributed by atoms with Gasteiger partial charge in [-0.1, -0.05) is 24.3 Å². The molecule has 1 amide bonds. The molecule has 20 heavy (non-hydrogen) atoms. The lowest BCUT2D eigenvalue weighted by atomic mass is 10.1. The molecule has 1 aromatic heterocycles. The summed E-state index contributed by atoms with van der Waals surface area (Å²) in [4.78, 5) is 16.0. The quantitative estimate of drug-likeness (QED) is 0.884. The molecule has 2 atom stereocenters. The molecule has 1 heterocycles. The Morgan fingerprint density at radius 3 is 2.80 bits per heavy atom. The Hall–Kier alpha value is -2.20. The van der Waals surface area contributed by atoms with Gasteiger partial charge in [-0.05, 0) is 28.8 Å². The molecule has 2 N–H and O–H groups in total. The standard InChI is InChI=1S/C16H16N2O2/c19-14-10-12-3-1-2-4-13(12)16(14)18-15(20)9-11-5-7-17-8-6-11/h1-8,14,16,19H,9-10H2,(H,18,20)/t14-,16+/m0/s1. The maximum atomic E-state index is 12.1. The second-order valence-electron chi connectivity index (χ2n) is 5.05. The number of carbonyl (C=O) groups excluding carboxylic acids is 1. The number of amides is 1. The molecule has 3 rings (SSSR count). The minimum atomic E-state index is -0.547. The van der Waals surface area contributed by atoms with E-state index < -0.39 is 6.10 Å². The van der Waals surface area contributed by atoms with Crippen LogP contribution in [0.5, 0.6) is 0 Å². The Kier molecular flexibility index (Phi) is 3.48. The van der Waals surface area contributed by atoms with Gasteiger partial charge in [0.1, 0.15) is 0 Å². The molecule has 0 unspecified atom stereocenters. The number of aliphatic hydroxyl groups is 1. The van der Waals surface area contributed by atoms with E-state index in [2.05, 4.69) is 10.3 Å². The summed E-state index contributed by atoms with van der Waals surface area (Å²) in [5.41, 5.74) is 3.04. The molecule has 0 spiro atoms. The van der Waals surface area contributed by atoms with Crippen LogP contribution in [-0.4, -0.2) is 22.1 Å². The van der Waals surface area contributed by atoms with Crippen LogP contribution in [0, 0.1) is 0 Å². The fraction of sp³-hybridized carbons (Fsp3) is 0.250. The second kappa shape index (κ2) is 5.43. The summed E-state index contributed by atoms with van der Waals surface area (Å²) < 4.78 is 0. The topological polar surface area (TPSA) is 62.2 Å². The van der Waals surface area contributed by atoms with E-state index in [-0.39, 0.29) is 11.9 Å². The van der Waals surface area contributed by atoms with Gasteiger partial charge in [0.2, 0.25) is 5.91 Å². The zero-order valence-corrected chi connectivity index (χ0v) is 11.0. The maximum absolute atomic E-state index is 12.1. The molecule has 0 bridgehead atoms. The van der Waals surface area contributed by atoms with Crippen LogP contribution in [-0.2, 0) is 17.6 Å². The van der Waals surface area contributed by atoms with E-state index in [4.69, 9.17) is 0 Å². The third-order valence-corrected chi connectivity index (χ3v) is 3.63. The fourth-order valence-electron chi connectivity index (χ4n) is 2.66. The van der Waals surface area contributed by atoms with Crippen LogP contribution in [0.2, 0.25) is 0 Å². The number of benzene rings is 1. The summed E-state index contributed by atoms with van der Waals surface area (Å²) in [6, 6.07) is 11.2. The van der Waals surface area contributed by atoms with E-state index in [0.717, 1.165) is 16.7 Å². The normalized spacial score (nSPS) is 20.4. The molecule has 4 nitrogen and oxygen atoms in total. The Bertz CT molecular complexity index is 613. The molecule has 1 aromatic carbocycles. The lowest BCUT2D eigenvalue weighted by Crippen LogP contribution is -2.34. The van der Waals surface area contributed by atoms with Gasteiger partial charge in [-0.25, -0.2) is 0 Å². The van der Waals surface area contributed by atoms with Crippen molar-refractivity contribution in [3.8, 4) is 0 Å². The molecule has 4 heteroatoms. The zero-order valence-electron chi connectivity index (χ0n) is 11.0. The highest BCUT2D eigenvalue weighted by atomic mass is 16.3. The first kappa shape index (κ1) is 12.8. The average Bonchev–Trinajstić information content (AvgIpc) is 2.76. The first-order valence-corrected chi connectivity index (χ1v) is 6.68. The summed E-state index contributed by atoms with van der Waals surface area (Å²) in [5, 5.41) is 13.0. The fourth-order valence-corrected chi connectivity index (χ4v) is 2.66. The van der Waals surface area contributed by atoms with Crippen molar-refractivity contribution >= 4 is 5.91 Å². The van der Waals surface area contributed by atoms with Crippen molar-refractivity contribution in [1.29, 1.82) is 0 Å². The van der Waals surface area contributed by atoms with Crippen molar-refractivity contribution in [3.05, 3.63) is 65.5 Å². The number of hydrogen-bond donors (Lipinski definition) is 2. The molecule has 1 aliphatic rings. The predicted octanol–water partition coefficient (Wildman–Crippen LogP) is 1.40. The number of rotatable bonds is 3. The first-order chi connectivity index (χ1) is 9.74. The van der Waals surface area contributed by atoms with Crippen molar-refractivity contribution in [2.45, 2.75) is 25.0 Å². The number of aromatic nitrogens is 1. The van der Waals surface area contributed by atoms with Crippen LogP contribution >= 0.6 is 0 Å². The summed E-state index contributed by atoms with van der Waals surface area (Å²) >= 11 is 0. The van der Waals surface area contributed by atoms with Crippen LogP contribution in [0.25, 0.3) is 0 Å². The second-order valence-corrected chi connectivity index (χ2v) is 5.05. The molecule has 0 aliphatic heterocycles. The summed E-state index contributed by atoms with van der Waals surface area (Å²) in [5.74, 6) is -0.0862. The maximum Gasteiger partial charge on any atom is 0.224 e. The summed E-state index contributed by atoms with van der Waals surface area (Å²) in [6.45, 7) is 0. The number of fused-ring (bicyclic) bond motifs is 1. The van der Waals surface area contributed by atoms with E-state index >= 15 is 0 Å². The van der Waals surface area contributed by atoms with Gasteiger partial charge in [-0.15, -0.1) is 0 Å². The lowest BCUT2D eigenvalue weighted by Gasteiger charge is -2.18. The molecule has 0 radical (unpaired) electrons. The van der Waals surface area contributed by atoms with Gasteiger partial charge in [-0.3, -0.25) is 9.78 Å². The smallest absolute Gasteiger partial charge is 0.224 e. The highest BCUT2D eigenvalue weighted by Crippen LogP contribution is 2.31. The Morgan fingerprint density at radius 2 is 2.00 bits per heavy atom. The predicted molar refractivity (Wildman–Crippen MR) is 75.0 cm³/mol. The van der Waals surface area contributed by atoms with Crippen LogP contribution in [0.4, 0.5) is 0 Å². The monoisotopic (exact) mass is 268 g/mol. The zero-order chi connectivity index (χ0) is 13.9. The highest BCUT2D eigenvalue weighted by molar-refractivity contribution is 5.79. The minimum absolute atomic E-state index is 0.0862. The van der Waals surface area contributed by atoms with E-state index in [1.165, 1.54) is 0 Å². The van der Waals surface area contributed by atoms with Gasteiger partial charge in [0.15, 0.2) is 0 Å². The van der Waals surface area contributed by atoms with Gasteiger partial charge in [0.05, 0.1) is 18.6 Å². The third kappa shape index (κ3) is 2.56. The van der Waals surface area contributed by atoms with E-state index in [1.54, 1.807) is 12.4 Å². The average molecular weight is 268 g/mol. The lowest BCUT2D eigenvalue weighted by molar-refractivity contribution is -0.121. The van der Waals surface area contributed by atoms with Crippen LogP contribution in [0.3, 0.4) is 0 Å². The molecule has 0 saturated carbocycles. The van der Waals surface area contributed by atoms with Crippen molar-refractivity contribution in [2.24, 2.45) is 0 Å². The van der Waals surface area contributed by atoms with Crippen molar-refractivity contribution in [2.75, 3.05) is 0 Å². The number of nitrogens with one attached hydrogen (secondary N) is 1.